The highest BCUT2D eigenvalue weighted by atomic mass is 35.5. The van der Waals surface area contributed by atoms with Crippen molar-refractivity contribution in [1.29, 1.82) is 0 Å². The molecule has 1 amide bonds. The van der Waals surface area contributed by atoms with E-state index in [1.807, 2.05) is 29.2 Å². The van der Waals surface area contributed by atoms with Gasteiger partial charge in [0.15, 0.2) is 0 Å². The number of hydrogen-bond donors (Lipinski definition) is 1. The predicted octanol–water partition coefficient (Wildman–Crippen LogP) is 3.60. The zero-order valence-electron chi connectivity index (χ0n) is 12.0. The Morgan fingerprint density at radius 1 is 1.29 bits per heavy atom. The number of amides is 1. The van der Waals surface area contributed by atoms with Crippen LogP contribution in [0, 0.1) is 5.92 Å². The Hall–Kier alpha value is -1.81. The van der Waals surface area contributed by atoms with Crippen LogP contribution in [-0.2, 0) is 0 Å². The van der Waals surface area contributed by atoms with Crippen molar-refractivity contribution in [1.82, 2.24) is 15.1 Å². The summed E-state index contributed by atoms with van der Waals surface area (Å²) in [4.78, 5) is 14.6. The van der Waals surface area contributed by atoms with E-state index in [-0.39, 0.29) is 5.91 Å². The summed E-state index contributed by atoms with van der Waals surface area (Å²) in [5, 5.41) is 7.65. The number of carbonyl (C=O) groups is 1. The zero-order chi connectivity index (χ0) is 14.8. The molecule has 1 N–H and O–H groups in total. The van der Waals surface area contributed by atoms with Crippen molar-refractivity contribution in [3.8, 4) is 11.3 Å². The van der Waals surface area contributed by atoms with E-state index in [1.165, 1.54) is 0 Å². The van der Waals surface area contributed by atoms with E-state index in [0.29, 0.717) is 16.5 Å². The van der Waals surface area contributed by atoms with Crippen LogP contribution in [0.25, 0.3) is 11.3 Å². The number of halogens is 1. The SMILES string of the molecule is CC1CCN(C(=O)c2cn[nH]c2-c2ccc(Cl)cc2)CC1. The minimum atomic E-state index is 0.0561. The molecule has 0 spiro atoms. The Kier molecular flexibility index (Phi) is 3.97. The lowest BCUT2D eigenvalue weighted by Crippen LogP contribution is -2.37. The van der Waals surface area contributed by atoms with E-state index in [1.54, 1.807) is 6.20 Å². The number of H-pyrrole nitrogens is 1. The van der Waals surface area contributed by atoms with Gasteiger partial charge in [-0.1, -0.05) is 30.7 Å². The fraction of sp³-hybridized carbons (Fsp3) is 0.375. The molecule has 2 heterocycles. The van der Waals surface area contributed by atoms with Gasteiger partial charge in [-0.05, 0) is 30.9 Å². The number of likely N-dealkylation sites (tertiary alicyclic amines) is 1. The van der Waals surface area contributed by atoms with Crippen LogP contribution in [-0.4, -0.2) is 34.1 Å². The second kappa shape index (κ2) is 5.90. The van der Waals surface area contributed by atoms with Crippen molar-refractivity contribution in [2.45, 2.75) is 19.8 Å². The van der Waals surface area contributed by atoms with Crippen LogP contribution in [0.15, 0.2) is 30.5 Å². The molecule has 0 saturated carbocycles. The summed E-state index contributed by atoms with van der Waals surface area (Å²) in [5.41, 5.74) is 2.31. The molecule has 0 bridgehead atoms. The standard InChI is InChI=1S/C16H18ClN3O/c1-11-6-8-20(9-7-11)16(21)14-10-18-19-15(14)12-2-4-13(17)5-3-12/h2-5,10-11H,6-9H2,1H3,(H,18,19). The first-order valence-corrected chi connectivity index (χ1v) is 7.61. The minimum Gasteiger partial charge on any atom is -0.339 e. The van der Waals surface area contributed by atoms with E-state index < -0.39 is 0 Å². The first kappa shape index (κ1) is 14.1. The molecule has 1 aromatic heterocycles. The summed E-state index contributed by atoms with van der Waals surface area (Å²) >= 11 is 5.91. The van der Waals surface area contributed by atoms with Gasteiger partial charge in [-0.25, -0.2) is 0 Å². The molecule has 0 aliphatic carbocycles. The number of hydrogen-bond acceptors (Lipinski definition) is 2. The van der Waals surface area contributed by atoms with Crippen LogP contribution >= 0.6 is 11.6 Å². The highest BCUT2D eigenvalue weighted by Crippen LogP contribution is 2.25. The molecule has 3 rings (SSSR count). The molecular formula is C16H18ClN3O. The first-order chi connectivity index (χ1) is 10.1. The van der Waals surface area contributed by atoms with Gasteiger partial charge in [-0.15, -0.1) is 0 Å². The van der Waals surface area contributed by atoms with Crippen LogP contribution in [0.4, 0.5) is 0 Å². The average molecular weight is 304 g/mol. The van der Waals surface area contributed by atoms with E-state index in [4.69, 9.17) is 11.6 Å². The Morgan fingerprint density at radius 2 is 1.95 bits per heavy atom. The molecule has 5 heteroatoms. The maximum absolute atomic E-state index is 12.7. The molecule has 0 atom stereocenters. The van der Waals surface area contributed by atoms with Gasteiger partial charge in [0, 0.05) is 23.7 Å². The summed E-state index contributed by atoms with van der Waals surface area (Å²) in [6.45, 7) is 3.88. The lowest BCUT2D eigenvalue weighted by atomic mass is 9.98. The first-order valence-electron chi connectivity index (χ1n) is 7.23. The molecule has 1 aliphatic heterocycles. The Bertz CT molecular complexity index is 627. The summed E-state index contributed by atoms with van der Waals surface area (Å²) < 4.78 is 0. The average Bonchev–Trinajstić information content (AvgIpc) is 2.97. The van der Waals surface area contributed by atoms with Crippen LogP contribution in [0.5, 0.6) is 0 Å². The molecular weight excluding hydrogens is 286 g/mol. The predicted molar refractivity (Wildman–Crippen MR) is 83.3 cm³/mol. The Balaban J connectivity index is 1.85. The summed E-state index contributed by atoms with van der Waals surface area (Å²) in [7, 11) is 0. The van der Waals surface area contributed by atoms with Gasteiger partial charge in [0.2, 0.25) is 0 Å². The zero-order valence-corrected chi connectivity index (χ0v) is 12.7. The summed E-state index contributed by atoms with van der Waals surface area (Å²) in [6, 6.07) is 7.42. The highest BCUT2D eigenvalue weighted by Gasteiger charge is 2.24. The number of benzene rings is 1. The molecule has 1 saturated heterocycles. The number of rotatable bonds is 2. The topological polar surface area (TPSA) is 49.0 Å². The monoisotopic (exact) mass is 303 g/mol. The molecule has 110 valence electrons. The van der Waals surface area contributed by atoms with E-state index in [9.17, 15) is 4.79 Å². The van der Waals surface area contributed by atoms with Gasteiger partial charge in [-0.3, -0.25) is 9.89 Å². The maximum atomic E-state index is 12.7. The Labute approximate surface area is 129 Å². The molecule has 4 nitrogen and oxygen atoms in total. The van der Waals surface area contributed by atoms with Crippen molar-refractivity contribution >= 4 is 17.5 Å². The molecule has 1 aliphatic rings. The van der Waals surface area contributed by atoms with Crippen molar-refractivity contribution < 1.29 is 4.79 Å². The smallest absolute Gasteiger partial charge is 0.257 e. The number of aromatic nitrogens is 2. The molecule has 1 aromatic carbocycles. The number of nitrogens with one attached hydrogen (secondary N) is 1. The second-order valence-corrected chi connectivity index (χ2v) is 6.08. The Morgan fingerprint density at radius 3 is 2.62 bits per heavy atom. The van der Waals surface area contributed by atoms with Gasteiger partial charge in [0.25, 0.3) is 5.91 Å². The highest BCUT2D eigenvalue weighted by molar-refractivity contribution is 6.30. The van der Waals surface area contributed by atoms with E-state index in [0.717, 1.165) is 37.2 Å². The third kappa shape index (κ3) is 2.95. The van der Waals surface area contributed by atoms with Crippen LogP contribution in [0.2, 0.25) is 5.02 Å². The molecule has 2 aromatic rings. The number of nitrogens with zero attached hydrogens (tertiary/aromatic N) is 2. The summed E-state index contributed by atoms with van der Waals surface area (Å²) in [6.07, 6.45) is 3.75. The number of carbonyl (C=O) groups excluding carboxylic acids is 1. The van der Waals surface area contributed by atoms with Gasteiger partial charge < -0.3 is 4.90 Å². The van der Waals surface area contributed by atoms with Crippen LogP contribution in [0.3, 0.4) is 0 Å². The molecule has 0 unspecified atom stereocenters. The van der Waals surface area contributed by atoms with Gasteiger partial charge in [0.05, 0.1) is 17.5 Å². The lowest BCUT2D eigenvalue weighted by Gasteiger charge is -2.30. The van der Waals surface area contributed by atoms with Gasteiger partial charge in [0.1, 0.15) is 0 Å². The van der Waals surface area contributed by atoms with Gasteiger partial charge in [-0.2, -0.15) is 5.10 Å². The van der Waals surface area contributed by atoms with E-state index >= 15 is 0 Å². The number of aromatic amines is 1. The van der Waals surface area contributed by atoms with Crippen molar-refractivity contribution in [2.24, 2.45) is 5.92 Å². The summed E-state index contributed by atoms with van der Waals surface area (Å²) in [5.74, 6) is 0.759. The normalized spacial score (nSPS) is 16.2. The fourth-order valence-electron chi connectivity index (χ4n) is 2.67. The second-order valence-electron chi connectivity index (χ2n) is 5.64. The largest absolute Gasteiger partial charge is 0.339 e. The van der Waals surface area contributed by atoms with Crippen molar-refractivity contribution in [2.75, 3.05) is 13.1 Å². The van der Waals surface area contributed by atoms with Crippen molar-refractivity contribution in [3.63, 3.8) is 0 Å². The maximum Gasteiger partial charge on any atom is 0.257 e. The quantitative estimate of drug-likeness (QED) is 0.921. The lowest BCUT2D eigenvalue weighted by molar-refractivity contribution is 0.0698. The van der Waals surface area contributed by atoms with Crippen LogP contribution in [0.1, 0.15) is 30.1 Å². The third-order valence-corrected chi connectivity index (χ3v) is 4.33. The third-order valence-electron chi connectivity index (χ3n) is 4.07. The minimum absolute atomic E-state index is 0.0561. The number of piperidine rings is 1. The fourth-order valence-corrected chi connectivity index (χ4v) is 2.79. The molecule has 1 fully saturated rings. The van der Waals surface area contributed by atoms with Gasteiger partial charge >= 0.3 is 0 Å². The van der Waals surface area contributed by atoms with Crippen molar-refractivity contribution in [3.05, 3.63) is 41.0 Å². The molecule has 21 heavy (non-hydrogen) atoms. The van der Waals surface area contributed by atoms with E-state index in [2.05, 4.69) is 17.1 Å². The van der Waals surface area contributed by atoms with Crippen LogP contribution < -0.4 is 0 Å². The molecule has 0 radical (unpaired) electrons.